The number of para-hydroxylation sites is 2. The number of benzene rings is 2. The van der Waals surface area contributed by atoms with Crippen molar-refractivity contribution in [3.05, 3.63) is 53.8 Å². The highest BCUT2D eigenvalue weighted by Crippen LogP contribution is 2.32. The van der Waals surface area contributed by atoms with Gasteiger partial charge in [0.1, 0.15) is 5.75 Å². The van der Waals surface area contributed by atoms with Crippen LogP contribution in [0.15, 0.2) is 42.5 Å². The summed E-state index contributed by atoms with van der Waals surface area (Å²) in [5, 5.41) is 0. The van der Waals surface area contributed by atoms with E-state index in [1.165, 1.54) is 25.3 Å². The van der Waals surface area contributed by atoms with Gasteiger partial charge in [0.2, 0.25) is 0 Å². The summed E-state index contributed by atoms with van der Waals surface area (Å²) in [7, 11) is 1.33. The highest BCUT2D eigenvalue weighted by Gasteiger charge is 2.46. The highest BCUT2D eigenvalue weighted by atomic mass is 19.1. The normalized spacial score (nSPS) is 14.1. The lowest BCUT2D eigenvalue weighted by molar-refractivity contribution is -0.139. The molecule has 3 rings (SSSR count). The van der Waals surface area contributed by atoms with Gasteiger partial charge in [-0.1, -0.05) is 18.2 Å². The van der Waals surface area contributed by atoms with Crippen molar-refractivity contribution in [1.29, 1.82) is 0 Å². The second-order valence-electron chi connectivity index (χ2n) is 5.68. The Bertz CT molecular complexity index is 915. The standard InChI is InChI=1S/C19H17FN2O5/c1-3-27-16-7-5-4-6-14(16)22-18(24)17(23)21(19(22)25)11-12-8-9-15(26-2)13(20)10-12/h4-10H,3,11H2,1-2H3. The number of imide groups is 2. The molecular formula is C19H17FN2O5. The van der Waals surface area contributed by atoms with E-state index in [0.29, 0.717) is 17.9 Å². The summed E-state index contributed by atoms with van der Waals surface area (Å²) in [4.78, 5) is 39.0. The fraction of sp³-hybridized carbons (Fsp3) is 0.211. The molecule has 1 fully saturated rings. The van der Waals surface area contributed by atoms with Crippen LogP contribution in [-0.4, -0.2) is 36.5 Å². The van der Waals surface area contributed by atoms with Crippen LogP contribution in [-0.2, 0) is 16.1 Å². The molecule has 8 heteroatoms. The molecule has 0 unspecified atom stereocenters. The van der Waals surface area contributed by atoms with E-state index in [-0.39, 0.29) is 18.0 Å². The predicted octanol–water partition coefficient (Wildman–Crippen LogP) is 2.73. The van der Waals surface area contributed by atoms with E-state index in [4.69, 9.17) is 9.47 Å². The van der Waals surface area contributed by atoms with E-state index >= 15 is 0 Å². The number of carbonyl (C=O) groups excluding carboxylic acids is 3. The first-order valence-electron chi connectivity index (χ1n) is 8.22. The quantitative estimate of drug-likeness (QED) is 0.576. The molecular weight excluding hydrogens is 355 g/mol. The fourth-order valence-corrected chi connectivity index (χ4v) is 2.77. The van der Waals surface area contributed by atoms with Crippen molar-refractivity contribution in [2.24, 2.45) is 0 Å². The van der Waals surface area contributed by atoms with Crippen molar-refractivity contribution >= 4 is 23.5 Å². The Balaban J connectivity index is 1.90. The number of halogens is 1. The third-order valence-electron chi connectivity index (χ3n) is 4.02. The molecule has 0 bridgehead atoms. The minimum atomic E-state index is -0.985. The van der Waals surface area contributed by atoms with Gasteiger partial charge in [0, 0.05) is 0 Å². The second-order valence-corrected chi connectivity index (χ2v) is 5.68. The molecule has 1 aliphatic rings. The van der Waals surface area contributed by atoms with Gasteiger partial charge in [-0.25, -0.2) is 14.1 Å². The summed E-state index contributed by atoms with van der Waals surface area (Å²) in [6.07, 6.45) is 0. The zero-order chi connectivity index (χ0) is 19.6. The summed E-state index contributed by atoms with van der Waals surface area (Å²) < 4.78 is 24.1. The van der Waals surface area contributed by atoms with Gasteiger partial charge in [0.25, 0.3) is 0 Å². The van der Waals surface area contributed by atoms with Crippen LogP contribution >= 0.6 is 0 Å². The lowest BCUT2D eigenvalue weighted by atomic mass is 10.2. The average molecular weight is 372 g/mol. The molecule has 0 spiro atoms. The van der Waals surface area contributed by atoms with Crippen LogP contribution in [0, 0.1) is 5.82 Å². The van der Waals surface area contributed by atoms with Crippen molar-refractivity contribution in [3.63, 3.8) is 0 Å². The van der Waals surface area contributed by atoms with E-state index in [1.54, 1.807) is 25.1 Å². The van der Waals surface area contributed by atoms with Crippen LogP contribution < -0.4 is 14.4 Å². The van der Waals surface area contributed by atoms with Crippen LogP contribution in [0.5, 0.6) is 11.5 Å². The van der Waals surface area contributed by atoms with Gasteiger partial charge in [0.15, 0.2) is 11.6 Å². The summed E-state index contributed by atoms with van der Waals surface area (Å²) in [6.45, 7) is 1.85. The van der Waals surface area contributed by atoms with Crippen LogP contribution in [0.2, 0.25) is 0 Å². The van der Waals surface area contributed by atoms with Gasteiger partial charge >= 0.3 is 17.8 Å². The first-order valence-corrected chi connectivity index (χ1v) is 8.22. The topological polar surface area (TPSA) is 76.2 Å². The highest BCUT2D eigenvalue weighted by molar-refractivity contribution is 6.52. The Morgan fingerprint density at radius 3 is 2.41 bits per heavy atom. The summed E-state index contributed by atoms with van der Waals surface area (Å²) in [5.74, 6) is -2.24. The molecule has 2 aromatic carbocycles. The average Bonchev–Trinajstić information content (AvgIpc) is 2.86. The predicted molar refractivity (Wildman–Crippen MR) is 94.0 cm³/mol. The lowest BCUT2D eigenvalue weighted by Crippen LogP contribution is -2.33. The zero-order valence-electron chi connectivity index (χ0n) is 14.8. The maximum atomic E-state index is 13.9. The van der Waals surface area contributed by atoms with Crippen molar-refractivity contribution in [1.82, 2.24) is 4.90 Å². The molecule has 1 saturated heterocycles. The minimum absolute atomic E-state index is 0.0427. The van der Waals surface area contributed by atoms with E-state index in [9.17, 15) is 18.8 Å². The molecule has 2 aromatic rings. The van der Waals surface area contributed by atoms with Crippen molar-refractivity contribution in [3.8, 4) is 11.5 Å². The molecule has 0 saturated carbocycles. The summed E-state index contributed by atoms with van der Waals surface area (Å²) in [5.41, 5.74) is 0.536. The molecule has 0 N–H and O–H groups in total. The smallest absolute Gasteiger partial charge is 0.339 e. The number of rotatable bonds is 6. The zero-order valence-corrected chi connectivity index (χ0v) is 14.8. The van der Waals surface area contributed by atoms with Crippen molar-refractivity contribution < 1.29 is 28.2 Å². The van der Waals surface area contributed by atoms with E-state index in [0.717, 1.165) is 15.9 Å². The number of nitrogens with zero attached hydrogens (tertiary/aromatic N) is 2. The summed E-state index contributed by atoms with van der Waals surface area (Å²) >= 11 is 0. The van der Waals surface area contributed by atoms with Gasteiger partial charge in [-0.15, -0.1) is 0 Å². The lowest BCUT2D eigenvalue weighted by Gasteiger charge is -2.18. The third kappa shape index (κ3) is 3.33. The van der Waals surface area contributed by atoms with Crippen LogP contribution in [0.1, 0.15) is 12.5 Å². The van der Waals surface area contributed by atoms with Gasteiger partial charge in [-0.3, -0.25) is 14.5 Å². The molecule has 4 amide bonds. The molecule has 0 atom stereocenters. The monoisotopic (exact) mass is 372 g/mol. The molecule has 7 nitrogen and oxygen atoms in total. The number of amides is 4. The molecule has 1 aliphatic heterocycles. The first-order chi connectivity index (χ1) is 13.0. The Morgan fingerprint density at radius 2 is 1.74 bits per heavy atom. The minimum Gasteiger partial charge on any atom is -0.494 e. The molecule has 140 valence electrons. The van der Waals surface area contributed by atoms with E-state index in [1.807, 2.05) is 0 Å². The van der Waals surface area contributed by atoms with Crippen LogP contribution in [0.25, 0.3) is 0 Å². The number of carbonyl (C=O) groups is 3. The first kappa shape index (κ1) is 18.4. The third-order valence-corrected chi connectivity index (χ3v) is 4.02. The molecule has 1 heterocycles. The summed E-state index contributed by atoms with van der Waals surface area (Å²) in [6, 6.07) is 9.69. The SMILES string of the molecule is CCOc1ccccc1N1C(=O)C(=O)N(Cc2ccc(OC)c(F)c2)C1=O. The molecule has 0 aliphatic carbocycles. The van der Waals surface area contributed by atoms with Crippen LogP contribution in [0.4, 0.5) is 14.9 Å². The van der Waals surface area contributed by atoms with Crippen molar-refractivity contribution in [2.75, 3.05) is 18.6 Å². The molecule has 0 aromatic heterocycles. The molecule has 27 heavy (non-hydrogen) atoms. The number of anilines is 1. The Morgan fingerprint density at radius 1 is 1.00 bits per heavy atom. The van der Waals surface area contributed by atoms with E-state index < -0.39 is 23.7 Å². The number of urea groups is 1. The van der Waals surface area contributed by atoms with E-state index in [2.05, 4.69) is 0 Å². The Kier molecular flexibility index (Phi) is 5.07. The van der Waals surface area contributed by atoms with Gasteiger partial charge < -0.3 is 9.47 Å². The van der Waals surface area contributed by atoms with Gasteiger partial charge in [-0.05, 0) is 36.8 Å². The maximum Gasteiger partial charge on any atom is 0.339 e. The number of hydrogen-bond acceptors (Lipinski definition) is 5. The van der Waals surface area contributed by atoms with Crippen LogP contribution in [0.3, 0.4) is 0 Å². The largest absolute Gasteiger partial charge is 0.494 e. The van der Waals surface area contributed by atoms with Gasteiger partial charge in [0.05, 0.1) is 25.9 Å². The Labute approximate surface area is 154 Å². The van der Waals surface area contributed by atoms with Crippen molar-refractivity contribution in [2.45, 2.75) is 13.5 Å². The molecule has 0 radical (unpaired) electrons. The van der Waals surface area contributed by atoms with Gasteiger partial charge in [-0.2, -0.15) is 0 Å². The Hall–Kier alpha value is -3.42. The second kappa shape index (κ2) is 7.45. The number of ether oxygens (including phenoxy) is 2. The fourth-order valence-electron chi connectivity index (χ4n) is 2.77. The maximum absolute atomic E-state index is 13.9. The number of methoxy groups -OCH3 is 1. The number of hydrogen-bond donors (Lipinski definition) is 0.